The molecular weight excluding hydrogens is 358 g/mol. The van der Waals surface area contributed by atoms with Crippen molar-refractivity contribution in [2.24, 2.45) is 0 Å². The van der Waals surface area contributed by atoms with Gasteiger partial charge in [0.25, 0.3) is 0 Å². The lowest BCUT2D eigenvalue weighted by Crippen LogP contribution is -2.44. The van der Waals surface area contributed by atoms with E-state index in [-0.39, 0.29) is 0 Å². The number of anilines is 3. The first-order valence-electron chi connectivity index (χ1n) is 8.97. The predicted molar refractivity (Wildman–Crippen MR) is 111 cm³/mol. The van der Waals surface area contributed by atoms with E-state index in [9.17, 15) is 0 Å². The molecule has 1 aliphatic rings. The molecule has 27 heavy (non-hydrogen) atoms. The molecule has 0 atom stereocenters. The van der Waals surface area contributed by atoms with E-state index in [0.717, 1.165) is 53.0 Å². The molecule has 4 rings (SSSR count). The van der Waals surface area contributed by atoms with Crippen molar-refractivity contribution in [1.82, 2.24) is 19.9 Å². The van der Waals surface area contributed by atoms with Crippen molar-refractivity contribution in [3.05, 3.63) is 48.5 Å². The third kappa shape index (κ3) is 4.17. The summed E-state index contributed by atoms with van der Waals surface area (Å²) in [7, 11) is 2.16. The highest BCUT2D eigenvalue weighted by Gasteiger charge is 2.17. The monoisotopic (exact) mass is 381 g/mol. The van der Waals surface area contributed by atoms with Crippen LogP contribution in [0.1, 0.15) is 5.56 Å². The molecule has 140 valence electrons. The normalized spacial score (nSPS) is 15.1. The topological polar surface area (TPSA) is 83.2 Å². The number of piperazine rings is 1. The third-order valence-electron chi connectivity index (χ3n) is 4.70. The Balaban J connectivity index is 1.49. The van der Waals surface area contributed by atoms with Crippen LogP contribution in [0.25, 0.3) is 10.4 Å². The zero-order valence-corrected chi connectivity index (χ0v) is 16.1. The second kappa shape index (κ2) is 7.89. The predicted octanol–water partition coefficient (Wildman–Crippen LogP) is 2.55. The van der Waals surface area contributed by atoms with Gasteiger partial charge in [0.1, 0.15) is 5.82 Å². The first kappa shape index (κ1) is 17.7. The number of thiazole rings is 1. The number of likely N-dealkylation sites (N-methyl/N-ethyl adjacent to an activating group) is 1. The van der Waals surface area contributed by atoms with Crippen molar-refractivity contribution in [3.63, 3.8) is 0 Å². The Bertz CT molecular complexity index is 888. The Labute approximate surface area is 162 Å². The lowest BCUT2D eigenvalue weighted by Gasteiger charge is -2.32. The summed E-state index contributed by atoms with van der Waals surface area (Å²) in [4.78, 5) is 18.8. The zero-order valence-electron chi connectivity index (χ0n) is 15.3. The van der Waals surface area contributed by atoms with Gasteiger partial charge in [-0.25, -0.2) is 9.97 Å². The Kier molecular flexibility index (Phi) is 5.17. The van der Waals surface area contributed by atoms with E-state index in [1.54, 1.807) is 23.7 Å². The summed E-state index contributed by atoms with van der Waals surface area (Å²) in [6.07, 6.45) is 7.31. The molecule has 7 nitrogen and oxygen atoms in total. The van der Waals surface area contributed by atoms with E-state index in [1.165, 1.54) is 0 Å². The first-order chi connectivity index (χ1) is 13.2. The number of hydrogen-bond donors (Lipinski definition) is 2. The molecule has 3 N–H and O–H groups in total. The molecule has 0 unspecified atom stereocenters. The van der Waals surface area contributed by atoms with Crippen LogP contribution in [0.4, 0.5) is 16.6 Å². The van der Waals surface area contributed by atoms with E-state index >= 15 is 0 Å². The minimum absolute atomic E-state index is 0.497. The second-order valence-electron chi connectivity index (χ2n) is 6.66. The molecule has 1 aliphatic heterocycles. The zero-order chi connectivity index (χ0) is 18.6. The molecule has 0 saturated carbocycles. The van der Waals surface area contributed by atoms with Gasteiger partial charge in [0.2, 0.25) is 0 Å². The van der Waals surface area contributed by atoms with Crippen LogP contribution in [0.2, 0.25) is 0 Å². The number of nitrogens with two attached hydrogens (primary N) is 1. The fourth-order valence-electron chi connectivity index (χ4n) is 2.99. The van der Waals surface area contributed by atoms with E-state index in [4.69, 9.17) is 5.73 Å². The van der Waals surface area contributed by atoms with Gasteiger partial charge < -0.3 is 20.9 Å². The van der Waals surface area contributed by atoms with Gasteiger partial charge >= 0.3 is 0 Å². The van der Waals surface area contributed by atoms with Crippen LogP contribution in [0.15, 0.2) is 43.0 Å². The number of pyridine rings is 2. The maximum absolute atomic E-state index is 6.06. The number of rotatable bonds is 5. The van der Waals surface area contributed by atoms with Crippen LogP contribution in [-0.2, 0) is 6.54 Å². The molecule has 1 saturated heterocycles. The quantitative estimate of drug-likeness (QED) is 0.703. The Morgan fingerprint density at radius 2 is 1.89 bits per heavy atom. The van der Waals surface area contributed by atoms with Gasteiger partial charge in [-0.15, -0.1) is 0 Å². The molecule has 3 aromatic rings. The van der Waals surface area contributed by atoms with Gasteiger partial charge in [-0.1, -0.05) is 11.3 Å². The molecule has 0 bridgehead atoms. The molecule has 0 spiro atoms. The largest absolute Gasteiger partial charge is 0.382 e. The molecular formula is C19H23N7S. The van der Waals surface area contributed by atoms with E-state index in [2.05, 4.69) is 37.1 Å². The highest BCUT2D eigenvalue weighted by atomic mass is 32.1. The summed E-state index contributed by atoms with van der Waals surface area (Å²) in [6, 6.07) is 6.00. The first-order valence-corrected chi connectivity index (χ1v) is 9.78. The van der Waals surface area contributed by atoms with Gasteiger partial charge in [-0.05, 0) is 30.8 Å². The summed E-state index contributed by atoms with van der Waals surface area (Å²) in [6.45, 7) is 4.85. The number of nitrogens with zero attached hydrogens (tertiary/aromatic N) is 5. The highest BCUT2D eigenvalue weighted by Crippen LogP contribution is 2.33. The second-order valence-corrected chi connectivity index (χ2v) is 7.67. The Morgan fingerprint density at radius 1 is 1.11 bits per heavy atom. The lowest BCUT2D eigenvalue weighted by atomic mass is 10.2. The summed E-state index contributed by atoms with van der Waals surface area (Å²) in [5.41, 5.74) is 9.06. The number of hydrogen-bond acceptors (Lipinski definition) is 8. The molecule has 0 aromatic carbocycles. The maximum Gasteiger partial charge on any atom is 0.185 e. The van der Waals surface area contributed by atoms with Crippen molar-refractivity contribution in [2.45, 2.75) is 6.54 Å². The minimum Gasteiger partial charge on any atom is -0.382 e. The van der Waals surface area contributed by atoms with Gasteiger partial charge in [0.15, 0.2) is 5.13 Å². The van der Waals surface area contributed by atoms with Crippen molar-refractivity contribution in [1.29, 1.82) is 0 Å². The van der Waals surface area contributed by atoms with E-state index in [1.807, 2.05) is 30.6 Å². The fourth-order valence-corrected chi connectivity index (χ4v) is 3.94. The molecule has 4 heterocycles. The van der Waals surface area contributed by atoms with Gasteiger partial charge in [0, 0.05) is 63.1 Å². The number of nitrogen functional groups attached to an aromatic ring is 1. The maximum atomic E-state index is 6.06. The van der Waals surface area contributed by atoms with Gasteiger partial charge in [0.05, 0.1) is 10.6 Å². The van der Waals surface area contributed by atoms with Crippen molar-refractivity contribution in [3.8, 4) is 10.4 Å². The third-order valence-corrected chi connectivity index (χ3v) is 5.81. The average Bonchev–Trinajstić information content (AvgIpc) is 3.19. The van der Waals surface area contributed by atoms with Crippen LogP contribution in [-0.4, -0.2) is 53.1 Å². The van der Waals surface area contributed by atoms with Gasteiger partial charge in [-0.3, -0.25) is 4.98 Å². The SMILES string of the molecule is CN1CCN(c2ncc(-c3cnc(N)c(NCc4ccncc4)c3)s2)CC1. The van der Waals surface area contributed by atoms with Crippen molar-refractivity contribution >= 4 is 28.0 Å². The molecule has 3 aromatic heterocycles. The van der Waals surface area contributed by atoms with Crippen molar-refractivity contribution in [2.75, 3.05) is 49.2 Å². The van der Waals surface area contributed by atoms with E-state index in [0.29, 0.717) is 12.4 Å². The average molecular weight is 382 g/mol. The smallest absolute Gasteiger partial charge is 0.185 e. The Morgan fingerprint density at radius 3 is 2.67 bits per heavy atom. The fraction of sp³-hybridized carbons (Fsp3) is 0.316. The number of aromatic nitrogens is 3. The van der Waals surface area contributed by atoms with Crippen LogP contribution in [0, 0.1) is 0 Å². The molecule has 0 aliphatic carbocycles. The summed E-state index contributed by atoms with van der Waals surface area (Å²) < 4.78 is 0. The summed E-state index contributed by atoms with van der Waals surface area (Å²) in [5, 5.41) is 4.44. The summed E-state index contributed by atoms with van der Waals surface area (Å²) in [5.74, 6) is 0.497. The number of nitrogens with one attached hydrogen (secondary N) is 1. The molecule has 8 heteroatoms. The van der Waals surface area contributed by atoms with Gasteiger partial charge in [-0.2, -0.15) is 0 Å². The highest BCUT2D eigenvalue weighted by molar-refractivity contribution is 7.18. The standard InChI is InChI=1S/C19H23N7S/c1-25-6-8-26(9-7-25)19-24-13-17(27-19)15-10-16(18(20)23-12-15)22-11-14-2-4-21-5-3-14/h2-5,10,12-13,22H,6-9,11H2,1H3,(H2,20,23). The molecule has 0 radical (unpaired) electrons. The lowest BCUT2D eigenvalue weighted by molar-refractivity contribution is 0.313. The molecule has 1 fully saturated rings. The van der Waals surface area contributed by atoms with Crippen LogP contribution >= 0.6 is 11.3 Å². The van der Waals surface area contributed by atoms with Crippen LogP contribution in [0.5, 0.6) is 0 Å². The van der Waals surface area contributed by atoms with E-state index < -0.39 is 0 Å². The Hall–Kier alpha value is -2.71. The molecule has 0 amide bonds. The van der Waals surface area contributed by atoms with Crippen molar-refractivity contribution < 1.29 is 0 Å². The summed E-state index contributed by atoms with van der Waals surface area (Å²) >= 11 is 1.70. The van der Waals surface area contributed by atoms with Crippen LogP contribution < -0.4 is 16.0 Å². The minimum atomic E-state index is 0.497. The van der Waals surface area contributed by atoms with Crippen LogP contribution in [0.3, 0.4) is 0 Å².